The van der Waals surface area contributed by atoms with Crippen molar-refractivity contribution in [1.82, 2.24) is 20.2 Å². The largest absolute Gasteiger partial charge is 0.254 e. The normalized spacial score (nSPS) is 11.3. The lowest BCUT2D eigenvalue weighted by Crippen LogP contribution is -1.89. The highest BCUT2D eigenvalue weighted by atomic mass is 19.1. The fourth-order valence-corrected chi connectivity index (χ4v) is 2.62. The Hall–Kier alpha value is -3.02. The molecule has 0 unspecified atom stereocenters. The molecular formula is C17H10F2N4. The van der Waals surface area contributed by atoms with Gasteiger partial charge in [-0.2, -0.15) is 5.10 Å². The molecule has 6 heteroatoms. The number of hydrogen-bond acceptors (Lipinski definition) is 4. The van der Waals surface area contributed by atoms with Gasteiger partial charge in [0.1, 0.15) is 11.3 Å². The maximum Gasteiger partial charge on any atom is 0.152 e. The summed E-state index contributed by atoms with van der Waals surface area (Å²) in [5, 5.41) is 8.42. The van der Waals surface area contributed by atoms with Crippen molar-refractivity contribution < 1.29 is 8.78 Å². The van der Waals surface area contributed by atoms with E-state index in [4.69, 9.17) is 0 Å². The molecule has 4 nitrogen and oxygen atoms in total. The Balaban J connectivity index is 2.24. The van der Waals surface area contributed by atoms with Crippen LogP contribution in [0.5, 0.6) is 0 Å². The van der Waals surface area contributed by atoms with Crippen LogP contribution in [0.4, 0.5) is 8.78 Å². The molecule has 0 bridgehead atoms. The molecule has 0 saturated heterocycles. The van der Waals surface area contributed by atoms with Crippen molar-refractivity contribution in [1.29, 1.82) is 0 Å². The van der Waals surface area contributed by atoms with Crippen molar-refractivity contribution in [2.24, 2.45) is 0 Å². The maximum absolute atomic E-state index is 14.3. The van der Waals surface area contributed by atoms with Crippen LogP contribution in [-0.4, -0.2) is 20.2 Å². The number of rotatable bonds is 1. The highest BCUT2D eigenvalue weighted by molar-refractivity contribution is 6.07. The molecule has 4 aromatic rings. The van der Waals surface area contributed by atoms with Crippen LogP contribution in [0.15, 0.2) is 42.7 Å². The average molecular weight is 308 g/mol. The predicted octanol–water partition coefficient (Wildman–Crippen LogP) is 3.83. The Bertz CT molecular complexity index is 1060. The van der Waals surface area contributed by atoms with E-state index in [0.29, 0.717) is 33.2 Å². The van der Waals surface area contributed by atoms with Gasteiger partial charge in [-0.25, -0.2) is 8.78 Å². The lowest BCUT2D eigenvalue weighted by Gasteiger charge is -2.04. The monoisotopic (exact) mass is 308 g/mol. The third kappa shape index (κ3) is 2.11. The molecule has 0 aliphatic carbocycles. The Morgan fingerprint density at radius 1 is 0.913 bits per heavy atom. The second-order valence-electron chi connectivity index (χ2n) is 5.20. The average Bonchev–Trinajstić information content (AvgIpc) is 2.97. The molecule has 23 heavy (non-hydrogen) atoms. The predicted molar refractivity (Wildman–Crippen MR) is 82.7 cm³/mol. The molecule has 2 aromatic heterocycles. The van der Waals surface area contributed by atoms with Crippen LogP contribution in [-0.2, 0) is 0 Å². The van der Waals surface area contributed by atoms with Gasteiger partial charge >= 0.3 is 0 Å². The van der Waals surface area contributed by atoms with Crippen molar-refractivity contribution in [2.75, 3.05) is 0 Å². The SMILES string of the molecule is Cc1cnc2c(cc(F)c3nncc32)c(-c2ccccc2F)n1. The summed E-state index contributed by atoms with van der Waals surface area (Å²) in [6, 6.07) is 7.55. The first kappa shape index (κ1) is 13.6. The van der Waals surface area contributed by atoms with E-state index in [1.54, 1.807) is 31.3 Å². The molecule has 4 rings (SSSR count). The summed E-state index contributed by atoms with van der Waals surface area (Å²) in [4.78, 5) is 8.79. The van der Waals surface area contributed by atoms with Crippen molar-refractivity contribution in [3.05, 3.63) is 60.1 Å². The summed E-state index contributed by atoms with van der Waals surface area (Å²) < 4.78 is 28.5. The van der Waals surface area contributed by atoms with E-state index < -0.39 is 11.6 Å². The molecule has 112 valence electrons. The van der Waals surface area contributed by atoms with Crippen LogP contribution in [0.2, 0.25) is 0 Å². The molecular weight excluding hydrogens is 298 g/mol. The van der Waals surface area contributed by atoms with Crippen LogP contribution in [0, 0.1) is 18.6 Å². The molecule has 2 heterocycles. The number of hydrogen-bond donors (Lipinski definition) is 0. The number of benzene rings is 2. The number of fused-ring (bicyclic) bond motifs is 3. The minimum atomic E-state index is -0.532. The standard InChI is InChI=1S/C17H10F2N4/c1-9-7-20-15-11(6-14(19)17-12(15)8-21-23-17)16(22-9)10-4-2-3-5-13(10)18/h2-8H,1H3. The number of aromatic nitrogens is 4. The molecule has 2 aromatic carbocycles. The minimum absolute atomic E-state index is 0.147. The van der Waals surface area contributed by atoms with Crippen molar-refractivity contribution in [2.45, 2.75) is 6.92 Å². The summed E-state index contributed by atoms with van der Waals surface area (Å²) >= 11 is 0. The van der Waals surface area contributed by atoms with Crippen LogP contribution >= 0.6 is 0 Å². The van der Waals surface area contributed by atoms with E-state index in [1.165, 1.54) is 18.3 Å². The van der Waals surface area contributed by atoms with E-state index in [1.807, 2.05) is 0 Å². The summed E-state index contributed by atoms with van der Waals surface area (Å²) in [6.07, 6.45) is 3.02. The molecule has 0 saturated carbocycles. The van der Waals surface area contributed by atoms with Gasteiger partial charge < -0.3 is 0 Å². The molecule has 0 amide bonds. The van der Waals surface area contributed by atoms with E-state index >= 15 is 0 Å². The van der Waals surface area contributed by atoms with Gasteiger partial charge in [0.15, 0.2) is 5.82 Å². The van der Waals surface area contributed by atoms with Crippen LogP contribution in [0.3, 0.4) is 0 Å². The lowest BCUT2D eigenvalue weighted by atomic mass is 10.0. The molecule has 0 aliphatic heterocycles. The summed E-state index contributed by atoms with van der Waals surface area (Å²) in [5.41, 5.74) is 1.87. The zero-order valence-corrected chi connectivity index (χ0v) is 12.1. The van der Waals surface area contributed by atoms with E-state index in [0.717, 1.165) is 0 Å². The number of aryl methyl sites for hydroxylation is 1. The van der Waals surface area contributed by atoms with Gasteiger partial charge in [0, 0.05) is 17.1 Å². The van der Waals surface area contributed by atoms with Crippen molar-refractivity contribution in [3.8, 4) is 11.3 Å². The third-order valence-electron chi connectivity index (χ3n) is 3.66. The van der Waals surface area contributed by atoms with Gasteiger partial charge in [-0.05, 0) is 25.1 Å². The summed E-state index contributed by atoms with van der Waals surface area (Å²) in [6.45, 7) is 1.76. The fourth-order valence-electron chi connectivity index (χ4n) is 2.62. The smallest absolute Gasteiger partial charge is 0.152 e. The first-order valence-corrected chi connectivity index (χ1v) is 6.97. The summed E-state index contributed by atoms with van der Waals surface area (Å²) in [5.74, 6) is -0.957. The van der Waals surface area contributed by atoms with Gasteiger partial charge in [-0.3, -0.25) is 9.97 Å². The molecule has 0 fully saturated rings. The Morgan fingerprint density at radius 3 is 2.57 bits per heavy atom. The quantitative estimate of drug-likeness (QED) is 0.536. The highest BCUT2D eigenvalue weighted by Gasteiger charge is 2.16. The molecule has 0 atom stereocenters. The van der Waals surface area contributed by atoms with Crippen LogP contribution < -0.4 is 0 Å². The first-order chi connectivity index (χ1) is 11.1. The zero-order chi connectivity index (χ0) is 16.0. The zero-order valence-electron chi connectivity index (χ0n) is 12.1. The topological polar surface area (TPSA) is 51.6 Å². The Kier molecular flexibility index (Phi) is 2.97. The van der Waals surface area contributed by atoms with E-state index in [2.05, 4.69) is 20.2 Å². The maximum atomic E-state index is 14.3. The Morgan fingerprint density at radius 2 is 1.74 bits per heavy atom. The van der Waals surface area contributed by atoms with Gasteiger partial charge in [0.05, 0.1) is 28.5 Å². The number of nitrogens with zero attached hydrogens (tertiary/aromatic N) is 4. The van der Waals surface area contributed by atoms with Gasteiger partial charge in [0.2, 0.25) is 0 Å². The van der Waals surface area contributed by atoms with Crippen molar-refractivity contribution >= 4 is 21.8 Å². The Labute approximate surface area is 129 Å². The summed E-state index contributed by atoms with van der Waals surface area (Å²) in [7, 11) is 0. The highest BCUT2D eigenvalue weighted by Crippen LogP contribution is 2.32. The van der Waals surface area contributed by atoms with E-state index in [-0.39, 0.29) is 5.52 Å². The lowest BCUT2D eigenvalue weighted by molar-refractivity contribution is 0.630. The molecule has 0 spiro atoms. The first-order valence-electron chi connectivity index (χ1n) is 6.97. The van der Waals surface area contributed by atoms with Crippen molar-refractivity contribution in [3.63, 3.8) is 0 Å². The van der Waals surface area contributed by atoms with Crippen LogP contribution in [0.25, 0.3) is 33.1 Å². The van der Waals surface area contributed by atoms with Gasteiger partial charge in [0.25, 0.3) is 0 Å². The van der Waals surface area contributed by atoms with Crippen LogP contribution in [0.1, 0.15) is 5.69 Å². The second kappa shape index (κ2) is 5.01. The number of halogens is 2. The fraction of sp³-hybridized carbons (Fsp3) is 0.0588. The molecule has 0 radical (unpaired) electrons. The molecule has 0 N–H and O–H groups in total. The molecule has 0 aliphatic rings. The van der Waals surface area contributed by atoms with Gasteiger partial charge in [-0.1, -0.05) is 12.1 Å². The third-order valence-corrected chi connectivity index (χ3v) is 3.66. The van der Waals surface area contributed by atoms with E-state index in [9.17, 15) is 8.78 Å². The second-order valence-corrected chi connectivity index (χ2v) is 5.20. The minimum Gasteiger partial charge on any atom is -0.254 e. The van der Waals surface area contributed by atoms with Gasteiger partial charge in [-0.15, -0.1) is 5.10 Å².